The first kappa shape index (κ1) is 39.8. The van der Waals surface area contributed by atoms with Gasteiger partial charge < -0.3 is 24.1 Å². The van der Waals surface area contributed by atoms with E-state index in [2.05, 4.69) is 82.3 Å². The van der Waals surface area contributed by atoms with Gasteiger partial charge in [0.1, 0.15) is 18.0 Å². The van der Waals surface area contributed by atoms with Gasteiger partial charge in [-0.25, -0.2) is 4.79 Å². The monoisotopic (exact) mass is 702 g/mol. The second-order valence-corrected chi connectivity index (χ2v) is 20.5. The summed E-state index contributed by atoms with van der Waals surface area (Å²) in [6.07, 6.45) is 8.23. The summed E-state index contributed by atoms with van der Waals surface area (Å²) in [5.74, 6) is -0.131. The van der Waals surface area contributed by atoms with Crippen molar-refractivity contribution in [3.8, 4) is 0 Å². The van der Waals surface area contributed by atoms with Crippen LogP contribution in [0.25, 0.3) is 0 Å². The summed E-state index contributed by atoms with van der Waals surface area (Å²) in [4.78, 5) is 13.6. The molecule has 0 radical (unpaired) electrons. The number of aliphatic hydroxyl groups is 2. The summed E-state index contributed by atoms with van der Waals surface area (Å²) in [5.41, 5.74) is 0.899. The van der Waals surface area contributed by atoms with E-state index in [1.165, 1.54) is 16.4 Å². The lowest BCUT2D eigenvalue weighted by atomic mass is 9.73. The molecular weight excluding hydrogens is 641 g/mol. The SMILES string of the molecule is CCCCC[C@@H]1C/C=C(\C)[C@@H](O)C(C)(C)[C@H](O)[C@@H](C)/C=C(\C)[C@@H]2C[C@H](O[Si](c3ccccc3)(c3ccccc3)C(C)(C)C)C/C(=C/C(=O)O1)O2. The first-order valence-electron chi connectivity index (χ1n) is 18.7. The van der Waals surface area contributed by atoms with Crippen LogP contribution in [0.4, 0.5) is 0 Å². The van der Waals surface area contributed by atoms with Crippen LogP contribution in [0.5, 0.6) is 0 Å². The molecule has 274 valence electrons. The van der Waals surface area contributed by atoms with Crippen LogP contribution in [0.15, 0.2) is 95.8 Å². The van der Waals surface area contributed by atoms with Crippen LogP contribution in [-0.2, 0) is 18.7 Å². The van der Waals surface area contributed by atoms with Gasteiger partial charge in [0.25, 0.3) is 8.32 Å². The van der Waals surface area contributed by atoms with E-state index in [1.807, 2.05) is 52.8 Å². The fourth-order valence-electron chi connectivity index (χ4n) is 7.87. The number of carbonyl (C=O) groups excluding carboxylic acids is 1. The molecule has 50 heavy (non-hydrogen) atoms. The standard InChI is InChI=1S/C43H62O6Si/c1-10-11-14-19-33-25-24-30(2)40(45)43(8,9)41(46)32(4)26-31(3)38-28-35(27-34(47-38)29-39(44)48-33)49-50(42(5,6)7,36-20-15-12-16-21-36)37-22-17-13-18-23-37/h12-13,15-18,20-24,26,29,32-33,35,38,40-41,45-46H,10-11,14,19,25,27-28H2,1-9H3/b30-24+,31-26+,34-29-/t32-,33+,35+,38-,40+,41+/m0/s1. The largest absolute Gasteiger partial charge is 0.490 e. The summed E-state index contributed by atoms with van der Waals surface area (Å²) in [5, 5.41) is 25.3. The van der Waals surface area contributed by atoms with E-state index in [4.69, 9.17) is 13.9 Å². The van der Waals surface area contributed by atoms with Crippen LogP contribution < -0.4 is 10.4 Å². The number of hydrogen-bond acceptors (Lipinski definition) is 6. The van der Waals surface area contributed by atoms with Gasteiger partial charge >= 0.3 is 5.97 Å². The molecule has 7 heteroatoms. The van der Waals surface area contributed by atoms with Crippen LogP contribution in [0, 0.1) is 11.3 Å². The van der Waals surface area contributed by atoms with E-state index >= 15 is 0 Å². The minimum Gasteiger partial charge on any atom is -0.490 e. The Labute approximate surface area is 302 Å². The Kier molecular flexibility index (Phi) is 13.6. The van der Waals surface area contributed by atoms with Gasteiger partial charge in [0.2, 0.25) is 0 Å². The van der Waals surface area contributed by atoms with Crippen LogP contribution in [0.3, 0.4) is 0 Å². The Hall–Kier alpha value is -2.97. The zero-order chi connectivity index (χ0) is 36.7. The van der Waals surface area contributed by atoms with Crippen LogP contribution in [0.1, 0.15) is 107 Å². The molecular formula is C43H62O6Si. The molecule has 2 aliphatic rings. The van der Waals surface area contributed by atoms with E-state index < -0.39 is 31.9 Å². The highest BCUT2D eigenvalue weighted by atomic mass is 28.4. The van der Waals surface area contributed by atoms with Crippen LogP contribution in [0.2, 0.25) is 5.04 Å². The fraction of sp³-hybridized carbons (Fsp3) is 0.558. The number of benzene rings is 2. The van der Waals surface area contributed by atoms with Crippen molar-refractivity contribution in [1.29, 1.82) is 0 Å². The zero-order valence-electron chi connectivity index (χ0n) is 31.9. The average molecular weight is 703 g/mol. The second kappa shape index (κ2) is 17.0. The maximum absolute atomic E-state index is 13.6. The number of fused-ring (bicyclic) bond motifs is 2. The maximum Gasteiger partial charge on any atom is 0.334 e. The van der Waals surface area contributed by atoms with Gasteiger partial charge in [-0.15, -0.1) is 0 Å². The highest BCUT2D eigenvalue weighted by Crippen LogP contribution is 2.41. The predicted octanol–water partition coefficient (Wildman–Crippen LogP) is 8.17. The summed E-state index contributed by atoms with van der Waals surface area (Å²) < 4.78 is 20.3. The Morgan fingerprint density at radius 3 is 2.08 bits per heavy atom. The highest BCUT2D eigenvalue weighted by Gasteiger charge is 2.52. The van der Waals surface area contributed by atoms with Crippen molar-refractivity contribution in [3.05, 3.63) is 95.8 Å². The first-order valence-corrected chi connectivity index (χ1v) is 20.6. The van der Waals surface area contributed by atoms with Crippen molar-refractivity contribution < 1.29 is 28.9 Å². The van der Waals surface area contributed by atoms with Gasteiger partial charge in [-0.05, 0) is 53.2 Å². The maximum atomic E-state index is 13.6. The minimum absolute atomic E-state index is 0.215. The molecule has 0 unspecified atom stereocenters. The van der Waals surface area contributed by atoms with Gasteiger partial charge in [0.15, 0.2) is 0 Å². The topological polar surface area (TPSA) is 85.2 Å². The lowest BCUT2D eigenvalue weighted by molar-refractivity contribution is -0.143. The molecule has 4 rings (SSSR count). The number of ether oxygens (including phenoxy) is 2. The molecule has 0 aliphatic carbocycles. The van der Waals surface area contributed by atoms with Crippen molar-refractivity contribution in [2.75, 3.05) is 0 Å². The van der Waals surface area contributed by atoms with E-state index in [9.17, 15) is 15.0 Å². The molecule has 2 aromatic rings. The molecule has 0 aromatic heterocycles. The van der Waals surface area contributed by atoms with Gasteiger partial charge in [-0.3, -0.25) is 0 Å². The molecule has 2 bridgehead atoms. The van der Waals surface area contributed by atoms with Gasteiger partial charge in [-0.1, -0.05) is 134 Å². The van der Waals surface area contributed by atoms with E-state index in [0.29, 0.717) is 25.0 Å². The van der Waals surface area contributed by atoms with Crippen molar-refractivity contribution in [2.45, 2.75) is 143 Å². The Bertz CT molecular complexity index is 1450. The third-order valence-electron chi connectivity index (χ3n) is 10.8. The number of unbranched alkanes of at least 4 members (excludes halogenated alkanes) is 2. The van der Waals surface area contributed by atoms with Crippen molar-refractivity contribution in [2.24, 2.45) is 11.3 Å². The smallest absolute Gasteiger partial charge is 0.334 e. The van der Waals surface area contributed by atoms with Gasteiger partial charge in [0.05, 0.1) is 24.4 Å². The molecule has 0 saturated carbocycles. The summed E-state index contributed by atoms with van der Waals surface area (Å²) in [7, 11) is -2.90. The van der Waals surface area contributed by atoms with Crippen molar-refractivity contribution in [1.82, 2.24) is 0 Å². The van der Waals surface area contributed by atoms with Gasteiger partial charge in [-0.2, -0.15) is 0 Å². The molecule has 2 aliphatic heterocycles. The molecule has 6 atom stereocenters. The Balaban J connectivity index is 1.81. The second-order valence-electron chi connectivity index (χ2n) is 16.2. The van der Waals surface area contributed by atoms with Gasteiger partial charge in [0, 0.05) is 30.6 Å². The molecule has 2 N–H and O–H groups in total. The molecule has 0 spiro atoms. The van der Waals surface area contributed by atoms with Crippen LogP contribution >= 0.6 is 0 Å². The average Bonchev–Trinajstić information content (AvgIpc) is 3.08. The fourth-order valence-corrected chi connectivity index (χ4v) is 12.6. The summed E-state index contributed by atoms with van der Waals surface area (Å²) in [6.45, 7) is 18.7. The van der Waals surface area contributed by atoms with E-state index in [-0.39, 0.29) is 29.3 Å². The van der Waals surface area contributed by atoms with Crippen molar-refractivity contribution in [3.63, 3.8) is 0 Å². The third kappa shape index (κ3) is 9.27. The molecule has 2 heterocycles. The van der Waals surface area contributed by atoms with Crippen LogP contribution in [-0.4, -0.2) is 55.0 Å². The summed E-state index contributed by atoms with van der Waals surface area (Å²) in [6, 6.07) is 21.2. The number of cyclic esters (lactones) is 1. The lowest BCUT2D eigenvalue weighted by Crippen LogP contribution is -2.68. The normalized spacial score (nSPS) is 30.1. The molecule has 1 saturated heterocycles. The van der Waals surface area contributed by atoms with E-state index in [1.54, 1.807) is 0 Å². The predicted molar refractivity (Wildman–Crippen MR) is 206 cm³/mol. The Morgan fingerprint density at radius 2 is 1.52 bits per heavy atom. The lowest BCUT2D eigenvalue weighted by Gasteiger charge is -2.47. The zero-order valence-corrected chi connectivity index (χ0v) is 32.9. The number of esters is 1. The van der Waals surface area contributed by atoms with Crippen molar-refractivity contribution >= 4 is 24.7 Å². The molecule has 2 aromatic carbocycles. The molecule has 1 fully saturated rings. The first-order chi connectivity index (χ1) is 23.6. The number of rotatable bonds is 8. The highest BCUT2D eigenvalue weighted by molar-refractivity contribution is 6.99. The number of carbonyl (C=O) groups is 1. The third-order valence-corrected chi connectivity index (χ3v) is 15.9. The number of hydrogen-bond donors (Lipinski definition) is 2. The number of aliphatic hydroxyl groups excluding tert-OH is 2. The molecule has 0 amide bonds. The summed E-state index contributed by atoms with van der Waals surface area (Å²) >= 11 is 0. The minimum atomic E-state index is -2.90. The quantitative estimate of drug-likeness (QED) is 0.125. The van der Waals surface area contributed by atoms with E-state index in [0.717, 1.165) is 36.8 Å². The molecule has 6 nitrogen and oxygen atoms in total. The Morgan fingerprint density at radius 1 is 0.920 bits per heavy atom.